The lowest BCUT2D eigenvalue weighted by atomic mass is 9.97. The van der Waals surface area contributed by atoms with E-state index >= 15 is 0 Å². The number of aryl methyl sites for hydroxylation is 1. The van der Waals surface area contributed by atoms with Crippen LogP contribution in [-0.4, -0.2) is 18.0 Å². The Morgan fingerprint density at radius 2 is 2.11 bits per heavy atom. The lowest BCUT2D eigenvalue weighted by Crippen LogP contribution is -2.51. The van der Waals surface area contributed by atoms with Crippen LogP contribution in [0.2, 0.25) is 5.02 Å². The third-order valence-electron chi connectivity index (χ3n) is 3.75. The molecule has 1 fully saturated rings. The molecule has 0 bridgehead atoms. The number of rotatable bonds is 3. The Morgan fingerprint density at radius 3 is 2.67 bits per heavy atom. The highest BCUT2D eigenvalue weighted by molar-refractivity contribution is 6.31. The third-order valence-corrected chi connectivity index (χ3v) is 4.17. The van der Waals surface area contributed by atoms with Crippen LogP contribution < -0.4 is 11.1 Å². The minimum atomic E-state index is -0.204. The highest BCUT2D eigenvalue weighted by atomic mass is 35.5. The summed E-state index contributed by atoms with van der Waals surface area (Å²) in [5.74, 6) is -0.0536. The fraction of sp³-hybridized carbons (Fsp3) is 0.500. The molecule has 98 valence electrons. The second kappa shape index (κ2) is 5.29. The van der Waals surface area contributed by atoms with Crippen LogP contribution in [-0.2, 0) is 0 Å². The van der Waals surface area contributed by atoms with Crippen molar-refractivity contribution in [2.45, 2.75) is 38.1 Å². The molecular weight excluding hydrogens is 248 g/mol. The van der Waals surface area contributed by atoms with Crippen LogP contribution in [0.3, 0.4) is 0 Å². The highest BCUT2D eigenvalue weighted by Crippen LogP contribution is 2.29. The van der Waals surface area contributed by atoms with Gasteiger partial charge in [0.05, 0.1) is 5.54 Å². The molecule has 1 amide bonds. The molecule has 3 nitrogen and oxygen atoms in total. The van der Waals surface area contributed by atoms with E-state index in [1.165, 1.54) is 0 Å². The number of benzene rings is 1. The monoisotopic (exact) mass is 266 g/mol. The number of hydrogen-bond donors (Lipinski definition) is 2. The fourth-order valence-corrected chi connectivity index (χ4v) is 2.65. The normalized spacial score (nSPS) is 17.7. The number of halogens is 1. The average Bonchev–Trinajstić information content (AvgIpc) is 2.82. The quantitative estimate of drug-likeness (QED) is 0.884. The largest absolute Gasteiger partial charge is 0.345 e. The molecule has 1 aromatic rings. The first-order valence-electron chi connectivity index (χ1n) is 6.35. The van der Waals surface area contributed by atoms with Gasteiger partial charge in [0, 0.05) is 17.1 Å². The molecule has 3 N–H and O–H groups in total. The van der Waals surface area contributed by atoms with Gasteiger partial charge in [-0.3, -0.25) is 4.79 Å². The summed E-state index contributed by atoms with van der Waals surface area (Å²) in [6.07, 6.45) is 4.22. The Hall–Kier alpha value is -1.06. The maximum atomic E-state index is 12.2. The fourth-order valence-electron chi connectivity index (χ4n) is 2.53. The predicted octanol–water partition coefficient (Wildman–Crippen LogP) is 2.65. The van der Waals surface area contributed by atoms with E-state index < -0.39 is 0 Å². The first-order chi connectivity index (χ1) is 8.56. The van der Waals surface area contributed by atoms with Crippen LogP contribution in [0.1, 0.15) is 41.6 Å². The zero-order valence-electron chi connectivity index (χ0n) is 10.6. The Kier molecular flexibility index (Phi) is 3.93. The van der Waals surface area contributed by atoms with Gasteiger partial charge in [0.25, 0.3) is 5.91 Å². The lowest BCUT2D eigenvalue weighted by molar-refractivity contribution is 0.0903. The molecule has 1 aliphatic rings. The highest BCUT2D eigenvalue weighted by Gasteiger charge is 2.34. The summed E-state index contributed by atoms with van der Waals surface area (Å²) in [4.78, 5) is 12.2. The molecule has 0 unspecified atom stereocenters. The van der Waals surface area contributed by atoms with Gasteiger partial charge >= 0.3 is 0 Å². The first kappa shape index (κ1) is 13.4. The van der Waals surface area contributed by atoms with Gasteiger partial charge in [-0.05, 0) is 43.5 Å². The number of nitrogens with two attached hydrogens (primary N) is 1. The van der Waals surface area contributed by atoms with Gasteiger partial charge < -0.3 is 11.1 Å². The second-order valence-corrected chi connectivity index (χ2v) is 5.52. The maximum Gasteiger partial charge on any atom is 0.251 e. The van der Waals surface area contributed by atoms with Gasteiger partial charge in [-0.25, -0.2) is 0 Å². The molecular formula is C14H19ClN2O. The molecule has 2 rings (SSSR count). The van der Waals surface area contributed by atoms with Gasteiger partial charge in [0.15, 0.2) is 0 Å². The molecule has 0 heterocycles. The third kappa shape index (κ3) is 2.68. The summed E-state index contributed by atoms with van der Waals surface area (Å²) in [5.41, 5.74) is 7.17. The second-order valence-electron chi connectivity index (χ2n) is 5.11. The van der Waals surface area contributed by atoms with Crippen LogP contribution in [0.5, 0.6) is 0 Å². The van der Waals surface area contributed by atoms with Gasteiger partial charge in [-0.1, -0.05) is 24.4 Å². The van der Waals surface area contributed by atoms with E-state index in [1.54, 1.807) is 12.1 Å². The molecule has 0 radical (unpaired) electrons. The van der Waals surface area contributed by atoms with Gasteiger partial charge in [-0.2, -0.15) is 0 Å². The molecule has 0 saturated heterocycles. The summed E-state index contributed by atoms with van der Waals surface area (Å²) in [6, 6.07) is 5.33. The smallest absolute Gasteiger partial charge is 0.251 e. The van der Waals surface area contributed by atoms with E-state index in [0.29, 0.717) is 17.1 Å². The zero-order valence-corrected chi connectivity index (χ0v) is 11.4. The Morgan fingerprint density at radius 1 is 1.44 bits per heavy atom. The molecule has 1 saturated carbocycles. The van der Waals surface area contributed by atoms with Crippen LogP contribution >= 0.6 is 11.6 Å². The summed E-state index contributed by atoms with van der Waals surface area (Å²) < 4.78 is 0. The molecule has 4 heteroatoms. The van der Waals surface area contributed by atoms with E-state index in [4.69, 9.17) is 17.3 Å². The predicted molar refractivity (Wildman–Crippen MR) is 73.9 cm³/mol. The van der Waals surface area contributed by atoms with Crippen molar-refractivity contribution in [2.24, 2.45) is 5.73 Å². The number of nitrogens with one attached hydrogen (secondary N) is 1. The van der Waals surface area contributed by atoms with Crippen molar-refractivity contribution in [3.8, 4) is 0 Å². The van der Waals surface area contributed by atoms with Crippen molar-refractivity contribution < 1.29 is 4.79 Å². The standard InChI is InChI=1S/C14H19ClN2O/c1-10-8-11(4-5-12(10)15)13(18)17-14(9-16)6-2-3-7-14/h4-5,8H,2-3,6-7,9,16H2,1H3,(H,17,18). The van der Waals surface area contributed by atoms with Crippen molar-refractivity contribution in [1.29, 1.82) is 0 Å². The molecule has 1 aliphatic carbocycles. The van der Waals surface area contributed by atoms with Crippen molar-refractivity contribution in [3.63, 3.8) is 0 Å². The Balaban J connectivity index is 2.13. The lowest BCUT2D eigenvalue weighted by Gasteiger charge is -2.28. The zero-order chi connectivity index (χ0) is 13.2. The van der Waals surface area contributed by atoms with E-state index in [1.807, 2.05) is 13.0 Å². The van der Waals surface area contributed by atoms with E-state index in [2.05, 4.69) is 5.32 Å². The number of carbonyl (C=O) groups is 1. The van der Waals surface area contributed by atoms with E-state index in [0.717, 1.165) is 31.2 Å². The van der Waals surface area contributed by atoms with Gasteiger partial charge in [-0.15, -0.1) is 0 Å². The molecule has 0 spiro atoms. The molecule has 0 aromatic heterocycles. The van der Waals surface area contributed by atoms with Gasteiger partial charge in [0.2, 0.25) is 0 Å². The first-order valence-corrected chi connectivity index (χ1v) is 6.73. The SMILES string of the molecule is Cc1cc(C(=O)NC2(CN)CCCC2)ccc1Cl. The topological polar surface area (TPSA) is 55.1 Å². The van der Waals surface area contributed by atoms with Crippen LogP contribution in [0.4, 0.5) is 0 Å². The molecule has 18 heavy (non-hydrogen) atoms. The van der Waals surface area contributed by atoms with Crippen molar-refractivity contribution in [2.75, 3.05) is 6.54 Å². The van der Waals surface area contributed by atoms with Crippen LogP contribution in [0.15, 0.2) is 18.2 Å². The number of carbonyl (C=O) groups excluding carboxylic acids is 1. The summed E-state index contributed by atoms with van der Waals surface area (Å²) in [5, 5.41) is 3.78. The van der Waals surface area contributed by atoms with Gasteiger partial charge in [0.1, 0.15) is 0 Å². The molecule has 0 aliphatic heterocycles. The average molecular weight is 267 g/mol. The van der Waals surface area contributed by atoms with E-state index in [-0.39, 0.29) is 11.4 Å². The minimum Gasteiger partial charge on any atom is -0.345 e. The minimum absolute atomic E-state index is 0.0536. The summed E-state index contributed by atoms with van der Waals surface area (Å²) >= 11 is 5.96. The Labute approximate surface area is 113 Å². The van der Waals surface area contributed by atoms with Crippen LogP contribution in [0, 0.1) is 6.92 Å². The number of amides is 1. The maximum absolute atomic E-state index is 12.2. The summed E-state index contributed by atoms with van der Waals surface area (Å²) in [7, 11) is 0. The summed E-state index contributed by atoms with van der Waals surface area (Å²) in [6.45, 7) is 2.40. The van der Waals surface area contributed by atoms with Crippen molar-refractivity contribution >= 4 is 17.5 Å². The van der Waals surface area contributed by atoms with E-state index in [9.17, 15) is 4.79 Å². The van der Waals surface area contributed by atoms with Crippen molar-refractivity contribution in [1.82, 2.24) is 5.32 Å². The molecule has 0 atom stereocenters. The number of hydrogen-bond acceptors (Lipinski definition) is 2. The molecule has 1 aromatic carbocycles. The van der Waals surface area contributed by atoms with Crippen molar-refractivity contribution in [3.05, 3.63) is 34.3 Å². The Bertz CT molecular complexity index is 453. The van der Waals surface area contributed by atoms with Crippen LogP contribution in [0.25, 0.3) is 0 Å².